The van der Waals surface area contributed by atoms with E-state index in [0.717, 1.165) is 29.4 Å². The van der Waals surface area contributed by atoms with Crippen molar-refractivity contribution in [3.05, 3.63) is 41.0 Å². The van der Waals surface area contributed by atoms with Crippen molar-refractivity contribution in [3.63, 3.8) is 0 Å². The lowest BCUT2D eigenvalue weighted by atomic mass is 10.1. The van der Waals surface area contributed by atoms with Crippen LogP contribution in [-0.2, 0) is 36.4 Å². The minimum Gasteiger partial charge on any atom is -0.318 e. The molecule has 5 heteroatoms. The summed E-state index contributed by atoms with van der Waals surface area (Å²) in [5, 5.41) is 8.07. The average Bonchev–Trinajstić information content (AvgIpc) is 2.99. The van der Waals surface area contributed by atoms with Gasteiger partial charge >= 0.3 is 0 Å². The standard InChI is InChI=1S/C14H17N3OS/c1-10-15-16-14(17(10)2)9-19(18)13-7-6-11-4-3-5-12(11)8-13/h6-8H,3-5,9H2,1-2H3. The van der Waals surface area contributed by atoms with Crippen molar-refractivity contribution in [1.82, 2.24) is 14.8 Å². The highest BCUT2D eigenvalue weighted by atomic mass is 32.2. The van der Waals surface area contributed by atoms with Crippen LogP contribution < -0.4 is 0 Å². The van der Waals surface area contributed by atoms with Crippen LogP contribution in [0, 0.1) is 6.92 Å². The molecule has 0 spiro atoms. The number of fused-ring (bicyclic) bond motifs is 1. The third kappa shape index (κ3) is 2.34. The number of benzene rings is 1. The predicted molar refractivity (Wildman–Crippen MR) is 74.3 cm³/mol. The molecule has 0 radical (unpaired) electrons. The van der Waals surface area contributed by atoms with Crippen LogP contribution in [0.15, 0.2) is 23.1 Å². The predicted octanol–water partition coefficient (Wildman–Crippen LogP) is 1.92. The Bertz CT molecular complexity index is 648. The Morgan fingerprint density at radius 1 is 1.26 bits per heavy atom. The Balaban J connectivity index is 1.83. The van der Waals surface area contributed by atoms with E-state index in [1.807, 2.05) is 24.6 Å². The molecule has 0 saturated carbocycles. The Morgan fingerprint density at radius 2 is 2.05 bits per heavy atom. The van der Waals surface area contributed by atoms with Gasteiger partial charge in [-0.1, -0.05) is 6.07 Å². The van der Waals surface area contributed by atoms with Gasteiger partial charge in [0, 0.05) is 11.9 Å². The van der Waals surface area contributed by atoms with E-state index in [1.54, 1.807) is 0 Å². The smallest absolute Gasteiger partial charge is 0.145 e. The molecule has 100 valence electrons. The number of hydrogen-bond donors (Lipinski definition) is 0. The molecule has 4 nitrogen and oxygen atoms in total. The van der Waals surface area contributed by atoms with Gasteiger partial charge < -0.3 is 4.57 Å². The van der Waals surface area contributed by atoms with Crippen LogP contribution in [0.4, 0.5) is 0 Å². The van der Waals surface area contributed by atoms with Crippen LogP contribution in [-0.4, -0.2) is 19.0 Å². The third-order valence-corrected chi connectivity index (χ3v) is 5.08. The van der Waals surface area contributed by atoms with Crippen molar-refractivity contribution in [1.29, 1.82) is 0 Å². The minimum absolute atomic E-state index is 0.427. The molecule has 0 amide bonds. The quantitative estimate of drug-likeness (QED) is 0.860. The molecule has 2 aromatic rings. The molecule has 1 atom stereocenters. The van der Waals surface area contributed by atoms with Crippen molar-refractivity contribution in [3.8, 4) is 0 Å². The molecule has 1 aliphatic carbocycles. The summed E-state index contributed by atoms with van der Waals surface area (Å²) in [6, 6.07) is 6.21. The minimum atomic E-state index is -1.05. The van der Waals surface area contributed by atoms with Gasteiger partial charge in [-0.15, -0.1) is 10.2 Å². The van der Waals surface area contributed by atoms with E-state index in [9.17, 15) is 4.21 Å². The summed E-state index contributed by atoms with van der Waals surface area (Å²) in [6.45, 7) is 1.90. The summed E-state index contributed by atoms with van der Waals surface area (Å²) in [5.74, 6) is 2.05. The number of hydrogen-bond acceptors (Lipinski definition) is 3. The van der Waals surface area contributed by atoms with Gasteiger partial charge in [0.1, 0.15) is 11.6 Å². The molecule has 0 fully saturated rings. The topological polar surface area (TPSA) is 47.8 Å². The lowest BCUT2D eigenvalue weighted by Crippen LogP contribution is -2.04. The average molecular weight is 275 g/mol. The normalized spacial score (nSPS) is 15.5. The maximum atomic E-state index is 12.4. The maximum Gasteiger partial charge on any atom is 0.145 e. The molecular formula is C14H17N3OS. The fraction of sp³-hybridized carbons (Fsp3) is 0.429. The van der Waals surface area contributed by atoms with Gasteiger partial charge in [-0.05, 0) is 49.4 Å². The van der Waals surface area contributed by atoms with E-state index in [4.69, 9.17) is 0 Å². The largest absolute Gasteiger partial charge is 0.318 e. The summed E-state index contributed by atoms with van der Waals surface area (Å²) >= 11 is 0. The Hall–Kier alpha value is -1.49. The Labute approximate surface area is 115 Å². The van der Waals surface area contributed by atoms with Crippen LogP contribution >= 0.6 is 0 Å². The summed E-state index contributed by atoms with van der Waals surface area (Å²) in [7, 11) is 0.860. The number of rotatable bonds is 3. The molecule has 1 aliphatic rings. The number of aryl methyl sites for hydroxylation is 3. The van der Waals surface area contributed by atoms with E-state index >= 15 is 0 Å². The fourth-order valence-electron chi connectivity index (χ4n) is 2.47. The van der Waals surface area contributed by atoms with Gasteiger partial charge in [-0.25, -0.2) is 0 Å². The van der Waals surface area contributed by atoms with Gasteiger partial charge in [0.05, 0.1) is 16.6 Å². The first-order valence-electron chi connectivity index (χ1n) is 6.50. The van der Waals surface area contributed by atoms with Gasteiger partial charge in [0.25, 0.3) is 0 Å². The zero-order chi connectivity index (χ0) is 13.4. The van der Waals surface area contributed by atoms with E-state index in [2.05, 4.69) is 22.3 Å². The monoisotopic (exact) mass is 275 g/mol. The molecule has 0 N–H and O–H groups in total. The number of aromatic nitrogens is 3. The summed E-state index contributed by atoms with van der Waals surface area (Å²) in [6.07, 6.45) is 3.49. The van der Waals surface area contributed by atoms with Crippen molar-refractivity contribution >= 4 is 10.8 Å². The van der Waals surface area contributed by atoms with E-state index < -0.39 is 10.8 Å². The van der Waals surface area contributed by atoms with Crippen molar-refractivity contribution < 1.29 is 4.21 Å². The highest BCUT2D eigenvalue weighted by Crippen LogP contribution is 2.24. The molecule has 1 unspecified atom stereocenters. The van der Waals surface area contributed by atoms with E-state index in [1.165, 1.54) is 17.5 Å². The van der Waals surface area contributed by atoms with Crippen molar-refractivity contribution in [2.75, 3.05) is 0 Å². The first-order valence-corrected chi connectivity index (χ1v) is 7.82. The first-order chi connectivity index (χ1) is 9.15. The summed E-state index contributed by atoms with van der Waals surface area (Å²) in [5.41, 5.74) is 2.77. The lowest BCUT2D eigenvalue weighted by Gasteiger charge is -2.05. The third-order valence-electron chi connectivity index (χ3n) is 3.78. The highest BCUT2D eigenvalue weighted by molar-refractivity contribution is 7.84. The molecule has 3 rings (SSSR count). The summed E-state index contributed by atoms with van der Waals surface area (Å²) < 4.78 is 14.3. The maximum absolute atomic E-state index is 12.4. The van der Waals surface area contributed by atoms with Crippen LogP contribution in [0.1, 0.15) is 29.2 Å². The zero-order valence-electron chi connectivity index (χ0n) is 11.2. The Kier molecular flexibility index (Phi) is 3.22. The molecule has 1 aromatic carbocycles. The fourth-order valence-corrected chi connectivity index (χ4v) is 3.61. The van der Waals surface area contributed by atoms with Crippen molar-refractivity contribution in [2.24, 2.45) is 7.05 Å². The molecule has 0 aliphatic heterocycles. The van der Waals surface area contributed by atoms with Crippen LogP contribution in [0.3, 0.4) is 0 Å². The molecule has 1 heterocycles. The van der Waals surface area contributed by atoms with Crippen LogP contribution in [0.2, 0.25) is 0 Å². The van der Waals surface area contributed by atoms with E-state index in [0.29, 0.717) is 5.75 Å². The SMILES string of the molecule is Cc1nnc(CS(=O)c2ccc3c(c2)CCC3)n1C. The van der Waals surface area contributed by atoms with Gasteiger partial charge in [0.2, 0.25) is 0 Å². The lowest BCUT2D eigenvalue weighted by molar-refractivity contribution is 0.679. The van der Waals surface area contributed by atoms with E-state index in [-0.39, 0.29) is 0 Å². The second-order valence-corrected chi connectivity index (χ2v) is 6.45. The molecule has 0 saturated heterocycles. The molecular weight excluding hydrogens is 258 g/mol. The van der Waals surface area contributed by atoms with Crippen LogP contribution in [0.5, 0.6) is 0 Å². The number of nitrogens with zero attached hydrogens (tertiary/aromatic N) is 3. The zero-order valence-corrected chi connectivity index (χ0v) is 12.0. The van der Waals surface area contributed by atoms with Crippen LogP contribution in [0.25, 0.3) is 0 Å². The highest BCUT2D eigenvalue weighted by Gasteiger charge is 2.15. The molecule has 0 bridgehead atoms. The van der Waals surface area contributed by atoms with Gasteiger partial charge in [0.15, 0.2) is 0 Å². The molecule has 1 aromatic heterocycles. The Morgan fingerprint density at radius 3 is 2.79 bits per heavy atom. The van der Waals surface area contributed by atoms with Gasteiger partial charge in [-0.2, -0.15) is 0 Å². The molecule has 19 heavy (non-hydrogen) atoms. The summed E-state index contributed by atoms with van der Waals surface area (Å²) in [4.78, 5) is 0.904. The van der Waals surface area contributed by atoms with Gasteiger partial charge in [-0.3, -0.25) is 4.21 Å². The second kappa shape index (κ2) is 4.89. The first kappa shape index (κ1) is 12.5. The van der Waals surface area contributed by atoms with Crippen molar-refractivity contribution in [2.45, 2.75) is 36.8 Å². The second-order valence-electron chi connectivity index (χ2n) is 5.00.